The Morgan fingerprint density at radius 1 is 1.33 bits per heavy atom. The molecule has 0 radical (unpaired) electrons. The minimum atomic E-state index is 0.239. The zero-order valence-electron chi connectivity index (χ0n) is 12.7. The lowest BCUT2D eigenvalue weighted by Crippen LogP contribution is -2.36. The Morgan fingerprint density at radius 3 is 2.81 bits per heavy atom. The van der Waals surface area contributed by atoms with Gasteiger partial charge < -0.3 is 20.7 Å². The Morgan fingerprint density at radius 2 is 2.10 bits per heavy atom. The number of hydrogen-bond acceptors (Lipinski definition) is 4. The van der Waals surface area contributed by atoms with Crippen molar-refractivity contribution in [2.24, 2.45) is 0 Å². The van der Waals surface area contributed by atoms with Crippen molar-refractivity contribution in [1.29, 1.82) is 0 Å². The van der Waals surface area contributed by atoms with Gasteiger partial charge in [-0.3, -0.25) is 4.79 Å². The molecule has 0 saturated carbocycles. The Balaban J connectivity index is 1.80. The van der Waals surface area contributed by atoms with Gasteiger partial charge in [-0.25, -0.2) is 0 Å². The highest BCUT2D eigenvalue weighted by molar-refractivity contribution is 5.76. The Bertz CT molecular complexity index is 471. The third kappa shape index (κ3) is 4.55. The van der Waals surface area contributed by atoms with E-state index in [1.54, 1.807) is 0 Å². The first-order valence-corrected chi connectivity index (χ1v) is 7.74. The van der Waals surface area contributed by atoms with Crippen LogP contribution in [-0.2, 0) is 4.79 Å². The number of amides is 1. The van der Waals surface area contributed by atoms with E-state index in [1.807, 2.05) is 30.0 Å². The van der Waals surface area contributed by atoms with Gasteiger partial charge >= 0.3 is 0 Å². The average molecular weight is 291 g/mol. The van der Waals surface area contributed by atoms with E-state index in [2.05, 4.69) is 5.32 Å². The topological polar surface area (TPSA) is 67.6 Å². The van der Waals surface area contributed by atoms with Crippen molar-refractivity contribution in [1.82, 2.24) is 4.90 Å². The normalized spacial score (nSPS) is 14.8. The molecule has 1 aliphatic heterocycles. The standard InChI is InChI=1S/C16H25N3O2/c1-2-21-15-12-13(6-7-14(15)17)18-9-8-16(20)19-10-4-3-5-11-19/h6-7,12,18H,2-5,8-11,17H2,1H3. The molecule has 0 atom stereocenters. The molecular formula is C16H25N3O2. The molecular weight excluding hydrogens is 266 g/mol. The van der Waals surface area contributed by atoms with E-state index in [1.165, 1.54) is 6.42 Å². The van der Waals surface area contributed by atoms with Crippen LogP contribution in [0, 0.1) is 0 Å². The molecule has 1 fully saturated rings. The fourth-order valence-corrected chi connectivity index (χ4v) is 2.54. The van der Waals surface area contributed by atoms with Gasteiger partial charge in [0.05, 0.1) is 12.3 Å². The van der Waals surface area contributed by atoms with E-state index < -0.39 is 0 Å². The zero-order chi connectivity index (χ0) is 15.1. The van der Waals surface area contributed by atoms with Crippen molar-refractivity contribution in [3.8, 4) is 5.75 Å². The Labute approximate surface area is 126 Å². The van der Waals surface area contributed by atoms with Crippen LogP contribution in [0.4, 0.5) is 11.4 Å². The maximum atomic E-state index is 12.1. The van der Waals surface area contributed by atoms with Crippen LogP contribution in [0.25, 0.3) is 0 Å². The number of piperidine rings is 1. The van der Waals surface area contributed by atoms with Gasteiger partial charge in [0, 0.05) is 37.8 Å². The quantitative estimate of drug-likeness (QED) is 0.790. The molecule has 0 unspecified atom stereocenters. The summed E-state index contributed by atoms with van der Waals surface area (Å²) in [6.07, 6.45) is 4.03. The van der Waals surface area contributed by atoms with Gasteiger partial charge in [0.25, 0.3) is 0 Å². The number of anilines is 2. The van der Waals surface area contributed by atoms with Crippen LogP contribution >= 0.6 is 0 Å². The van der Waals surface area contributed by atoms with Gasteiger partial charge in [0.2, 0.25) is 5.91 Å². The zero-order valence-corrected chi connectivity index (χ0v) is 12.7. The molecule has 1 amide bonds. The second kappa shape index (κ2) is 7.76. The average Bonchev–Trinajstić information content (AvgIpc) is 2.51. The fourth-order valence-electron chi connectivity index (χ4n) is 2.54. The van der Waals surface area contributed by atoms with Crippen molar-refractivity contribution < 1.29 is 9.53 Å². The molecule has 1 aliphatic rings. The van der Waals surface area contributed by atoms with Crippen LogP contribution in [0.3, 0.4) is 0 Å². The highest BCUT2D eigenvalue weighted by Gasteiger charge is 2.15. The van der Waals surface area contributed by atoms with Crippen LogP contribution < -0.4 is 15.8 Å². The molecule has 1 saturated heterocycles. The third-order valence-electron chi connectivity index (χ3n) is 3.69. The molecule has 2 rings (SSSR count). The van der Waals surface area contributed by atoms with Crippen molar-refractivity contribution in [2.45, 2.75) is 32.6 Å². The summed E-state index contributed by atoms with van der Waals surface area (Å²) in [5, 5.41) is 3.26. The lowest BCUT2D eigenvalue weighted by Gasteiger charge is -2.26. The van der Waals surface area contributed by atoms with E-state index >= 15 is 0 Å². The van der Waals surface area contributed by atoms with Gasteiger partial charge in [-0.15, -0.1) is 0 Å². The summed E-state index contributed by atoms with van der Waals surface area (Å²) in [5.74, 6) is 0.924. The van der Waals surface area contributed by atoms with E-state index in [4.69, 9.17) is 10.5 Å². The molecule has 3 N–H and O–H groups in total. The first kappa shape index (κ1) is 15.5. The summed E-state index contributed by atoms with van der Waals surface area (Å²) >= 11 is 0. The van der Waals surface area contributed by atoms with Crippen LogP contribution in [0.15, 0.2) is 18.2 Å². The van der Waals surface area contributed by atoms with E-state index in [9.17, 15) is 4.79 Å². The molecule has 5 heteroatoms. The van der Waals surface area contributed by atoms with Crippen LogP contribution in [0.2, 0.25) is 0 Å². The highest BCUT2D eigenvalue weighted by Crippen LogP contribution is 2.25. The molecule has 0 bridgehead atoms. The molecule has 1 aromatic carbocycles. The fraction of sp³-hybridized carbons (Fsp3) is 0.562. The maximum Gasteiger partial charge on any atom is 0.224 e. The monoisotopic (exact) mass is 291 g/mol. The van der Waals surface area contributed by atoms with Crippen molar-refractivity contribution >= 4 is 17.3 Å². The molecule has 116 valence electrons. The lowest BCUT2D eigenvalue weighted by molar-refractivity contribution is -0.131. The number of likely N-dealkylation sites (tertiary alicyclic amines) is 1. The molecule has 0 spiro atoms. The number of nitrogen functional groups attached to an aromatic ring is 1. The van der Waals surface area contributed by atoms with Gasteiger partial charge in [-0.2, -0.15) is 0 Å². The maximum absolute atomic E-state index is 12.1. The Hall–Kier alpha value is -1.91. The van der Waals surface area contributed by atoms with Crippen molar-refractivity contribution in [3.05, 3.63) is 18.2 Å². The molecule has 0 aliphatic carbocycles. The van der Waals surface area contributed by atoms with E-state index in [0.29, 0.717) is 31.0 Å². The van der Waals surface area contributed by atoms with Crippen LogP contribution in [0.1, 0.15) is 32.6 Å². The summed E-state index contributed by atoms with van der Waals surface area (Å²) in [6, 6.07) is 5.60. The minimum absolute atomic E-state index is 0.239. The first-order valence-electron chi connectivity index (χ1n) is 7.74. The minimum Gasteiger partial charge on any atom is -0.492 e. The molecule has 21 heavy (non-hydrogen) atoms. The number of nitrogens with one attached hydrogen (secondary N) is 1. The first-order chi connectivity index (χ1) is 10.2. The number of benzene rings is 1. The molecule has 5 nitrogen and oxygen atoms in total. The number of ether oxygens (including phenoxy) is 1. The lowest BCUT2D eigenvalue weighted by atomic mass is 10.1. The molecule has 0 aromatic heterocycles. The number of carbonyl (C=O) groups is 1. The number of hydrogen-bond donors (Lipinski definition) is 2. The largest absolute Gasteiger partial charge is 0.492 e. The summed E-state index contributed by atoms with van der Waals surface area (Å²) < 4.78 is 5.46. The predicted molar refractivity (Wildman–Crippen MR) is 85.6 cm³/mol. The van der Waals surface area contributed by atoms with E-state index in [0.717, 1.165) is 31.6 Å². The van der Waals surface area contributed by atoms with Gasteiger partial charge in [-0.05, 0) is 38.3 Å². The number of carbonyl (C=O) groups excluding carboxylic acids is 1. The van der Waals surface area contributed by atoms with Gasteiger partial charge in [0.15, 0.2) is 0 Å². The second-order valence-corrected chi connectivity index (χ2v) is 5.30. The number of nitrogens with two attached hydrogens (primary N) is 1. The summed E-state index contributed by atoms with van der Waals surface area (Å²) in [6.45, 7) is 4.97. The number of rotatable bonds is 6. The molecule has 1 aromatic rings. The highest BCUT2D eigenvalue weighted by atomic mass is 16.5. The predicted octanol–water partition coefficient (Wildman–Crippen LogP) is 2.48. The van der Waals surface area contributed by atoms with Gasteiger partial charge in [-0.1, -0.05) is 0 Å². The molecule has 1 heterocycles. The van der Waals surface area contributed by atoms with E-state index in [-0.39, 0.29) is 5.91 Å². The SMILES string of the molecule is CCOc1cc(NCCC(=O)N2CCCCC2)ccc1N. The van der Waals surface area contributed by atoms with Crippen LogP contribution in [0.5, 0.6) is 5.75 Å². The third-order valence-corrected chi connectivity index (χ3v) is 3.69. The van der Waals surface area contributed by atoms with Crippen molar-refractivity contribution in [3.63, 3.8) is 0 Å². The van der Waals surface area contributed by atoms with Gasteiger partial charge in [0.1, 0.15) is 5.75 Å². The van der Waals surface area contributed by atoms with Crippen LogP contribution in [-0.4, -0.2) is 37.0 Å². The number of nitrogens with zero attached hydrogens (tertiary/aromatic N) is 1. The summed E-state index contributed by atoms with van der Waals surface area (Å²) in [5.41, 5.74) is 7.40. The van der Waals surface area contributed by atoms with Crippen molar-refractivity contribution in [2.75, 3.05) is 37.3 Å². The smallest absolute Gasteiger partial charge is 0.224 e. The Kier molecular flexibility index (Phi) is 5.72. The summed E-state index contributed by atoms with van der Waals surface area (Å²) in [7, 11) is 0. The second-order valence-electron chi connectivity index (χ2n) is 5.30. The summed E-state index contributed by atoms with van der Waals surface area (Å²) in [4.78, 5) is 14.0.